The van der Waals surface area contributed by atoms with E-state index in [-0.39, 0.29) is 0 Å². The molecule has 0 amide bonds. The standard InChI is InChI=1S/C36H24N6/c1-5-19-37-29(15-1)33-35(41-21-7-3-17-31(41)39-33)27-13-9-11-25(23-27)26-12-10-14-28(24-26)36-34(30-16-2-6-20-38-30)40-32-18-4-8-22-42(32)36/h1-24H. The Morgan fingerprint density at radius 1 is 0.405 bits per heavy atom. The summed E-state index contributed by atoms with van der Waals surface area (Å²) in [4.78, 5) is 19.2. The first kappa shape index (κ1) is 24.0. The third-order valence-corrected chi connectivity index (χ3v) is 7.48. The molecule has 6 aromatic heterocycles. The first-order valence-corrected chi connectivity index (χ1v) is 13.8. The van der Waals surface area contributed by atoms with Crippen LogP contribution in [0, 0.1) is 0 Å². The lowest BCUT2D eigenvalue weighted by Crippen LogP contribution is -1.92. The van der Waals surface area contributed by atoms with Gasteiger partial charge in [0, 0.05) is 35.9 Å². The molecule has 6 heteroatoms. The van der Waals surface area contributed by atoms with Crippen LogP contribution in [-0.4, -0.2) is 28.7 Å². The highest BCUT2D eigenvalue weighted by molar-refractivity contribution is 5.85. The minimum atomic E-state index is 0.846. The van der Waals surface area contributed by atoms with Crippen molar-refractivity contribution in [1.82, 2.24) is 28.7 Å². The van der Waals surface area contributed by atoms with E-state index >= 15 is 0 Å². The molecule has 42 heavy (non-hydrogen) atoms. The third-order valence-electron chi connectivity index (χ3n) is 7.48. The largest absolute Gasteiger partial charge is 0.299 e. The van der Waals surface area contributed by atoms with Crippen molar-refractivity contribution >= 4 is 11.3 Å². The summed E-state index contributed by atoms with van der Waals surface area (Å²) in [6.07, 6.45) is 7.73. The first-order chi connectivity index (χ1) is 20.8. The van der Waals surface area contributed by atoms with E-state index in [2.05, 4.69) is 79.7 Å². The number of nitrogens with zero attached hydrogens (tertiary/aromatic N) is 6. The van der Waals surface area contributed by atoms with Crippen molar-refractivity contribution in [3.8, 4) is 56.4 Å². The monoisotopic (exact) mass is 540 g/mol. The molecule has 0 N–H and O–H groups in total. The van der Waals surface area contributed by atoms with Crippen molar-refractivity contribution in [2.75, 3.05) is 0 Å². The summed E-state index contributed by atoms with van der Waals surface area (Å²) in [5, 5.41) is 0. The van der Waals surface area contributed by atoms with Gasteiger partial charge in [-0.25, -0.2) is 9.97 Å². The molecule has 2 aromatic carbocycles. The highest BCUT2D eigenvalue weighted by Crippen LogP contribution is 2.37. The summed E-state index contributed by atoms with van der Waals surface area (Å²) in [6, 6.07) is 41.3. The predicted octanol–water partition coefficient (Wildman–Crippen LogP) is 8.11. The quantitative estimate of drug-likeness (QED) is 0.221. The van der Waals surface area contributed by atoms with E-state index in [9.17, 15) is 0 Å². The van der Waals surface area contributed by atoms with Gasteiger partial charge in [-0.05, 0) is 71.8 Å². The van der Waals surface area contributed by atoms with Crippen molar-refractivity contribution in [1.29, 1.82) is 0 Å². The molecule has 0 bridgehead atoms. The number of pyridine rings is 4. The zero-order chi connectivity index (χ0) is 27.9. The highest BCUT2D eigenvalue weighted by atomic mass is 15.0. The van der Waals surface area contributed by atoms with Gasteiger partial charge >= 0.3 is 0 Å². The lowest BCUT2D eigenvalue weighted by molar-refractivity contribution is 1.19. The number of aromatic nitrogens is 6. The Hall–Kier alpha value is -5.88. The van der Waals surface area contributed by atoms with Crippen LogP contribution in [-0.2, 0) is 0 Å². The van der Waals surface area contributed by atoms with Gasteiger partial charge in [-0.3, -0.25) is 18.8 Å². The van der Waals surface area contributed by atoms with E-state index < -0.39 is 0 Å². The van der Waals surface area contributed by atoms with Crippen molar-refractivity contribution in [2.45, 2.75) is 0 Å². The first-order valence-electron chi connectivity index (χ1n) is 13.8. The Labute approximate surface area is 242 Å². The number of fused-ring (bicyclic) bond motifs is 2. The van der Waals surface area contributed by atoms with E-state index in [4.69, 9.17) is 9.97 Å². The molecule has 0 atom stereocenters. The van der Waals surface area contributed by atoms with E-state index in [0.29, 0.717) is 0 Å². The van der Waals surface area contributed by atoms with Crippen LogP contribution in [0.2, 0.25) is 0 Å². The van der Waals surface area contributed by atoms with E-state index in [1.807, 2.05) is 85.2 Å². The maximum absolute atomic E-state index is 4.96. The molecule has 0 fully saturated rings. The Morgan fingerprint density at radius 2 is 0.857 bits per heavy atom. The summed E-state index contributed by atoms with van der Waals surface area (Å²) in [5.41, 5.74) is 11.6. The number of hydrogen-bond donors (Lipinski definition) is 0. The van der Waals surface area contributed by atoms with Crippen molar-refractivity contribution in [3.05, 3.63) is 146 Å². The van der Waals surface area contributed by atoms with Crippen LogP contribution < -0.4 is 0 Å². The van der Waals surface area contributed by atoms with Gasteiger partial charge in [0.05, 0.1) is 22.8 Å². The lowest BCUT2D eigenvalue weighted by Gasteiger charge is -2.11. The second kappa shape index (κ2) is 9.94. The average molecular weight is 541 g/mol. The molecule has 198 valence electrons. The Morgan fingerprint density at radius 3 is 1.31 bits per heavy atom. The van der Waals surface area contributed by atoms with Gasteiger partial charge in [0.15, 0.2) is 0 Å². The molecule has 6 nitrogen and oxygen atoms in total. The maximum Gasteiger partial charge on any atom is 0.138 e. The maximum atomic E-state index is 4.96. The molecule has 0 saturated carbocycles. The number of rotatable bonds is 5. The molecular formula is C36H24N6. The van der Waals surface area contributed by atoms with Crippen LogP contribution in [0.5, 0.6) is 0 Å². The fraction of sp³-hybridized carbons (Fsp3) is 0. The smallest absolute Gasteiger partial charge is 0.138 e. The Kier molecular flexibility index (Phi) is 5.67. The zero-order valence-electron chi connectivity index (χ0n) is 22.5. The van der Waals surface area contributed by atoms with Gasteiger partial charge in [-0.15, -0.1) is 0 Å². The minimum absolute atomic E-state index is 0.846. The normalized spacial score (nSPS) is 11.3. The zero-order valence-corrected chi connectivity index (χ0v) is 22.5. The van der Waals surface area contributed by atoms with Crippen LogP contribution in [0.15, 0.2) is 146 Å². The van der Waals surface area contributed by atoms with Gasteiger partial charge in [-0.2, -0.15) is 0 Å². The molecular weight excluding hydrogens is 516 g/mol. The van der Waals surface area contributed by atoms with Gasteiger partial charge < -0.3 is 0 Å². The topological polar surface area (TPSA) is 60.4 Å². The molecule has 0 unspecified atom stereocenters. The van der Waals surface area contributed by atoms with Gasteiger partial charge in [-0.1, -0.05) is 60.7 Å². The molecule has 0 spiro atoms. The van der Waals surface area contributed by atoms with Gasteiger partial charge in [0.25, 0.3) is 0 Å². The van der Waals surface area contributed by atoms with Crippen molar-refractivity contribution in [2.24, 2.45) is 0 Å². The molecule has 0 saturated heterocycles. The Bertz CT molecular complexity index is 2040. The summed E-state index contributed by atoms with van der Waals surface area (Å²) in [5.74, 6) is 0. The van der Waals surface area contributed by atoms with E-state index in [1.165, 1.54) is 0 Å². The molecule has 0 aliphatic heterocycles. The Balaban J connectivity index is 1.28. The summed E-state index contributed by atoms with van der Waals surface area (Å²) >= 11 is 0. The van der Waals surface area contributed by atoms with Crippen molar-refractivity contribution < 1.29 is 0 Å². The van der Waals surface area contributed by atoms with Gasteiger partial charge in [0.2, 0.25) is 0 Å². The van der Waals surface area contributed by atoms with Crippen LogP contribution in [0.4, 0.5) is 0 Å². The molecule has 8 aromatic rings. The second-order valence-corrected chi connectivity index (χ2v) is 10.1. The van der Waals surface area contributed by atoms with Crippen LogP contribution in [0.25, 0.3) is 67.7 Å². The van der Waals surface area contributed by atoms with E-state index in [1.54, 1.807) is 0 Å². The predicted molar refractivity (Wildman–Crippen MR) is 167 cm³/mol. The fourth-order valence-corrected chi connectivity index (χ4v) is 5.60. The van der Waals surface area contributed by atoms with Crippen LogP contribution in [0.1, 0.15) is 0 Å². The fourth-order valence-electron chi connectivity index (χ4n) is 5.60. The van der Waals surface area contributed by atoms with Gasteiger partial charge in [0.1, 0.15) is 22.7 Å². The second-order valence-electron chi connectivity index (χ2n) is 10.1. The van der Waals surface area contributed by atoms with E-state index in [0.717, 1.165) is 67.7 Å². The SMILES string of the molecule is c1ccc(-c2nc3ccccn3c2-c2cccc(-c3cccc(-c4c(-c5ccccn5)nc5ccccn45)c3)c2)nc1. The summed E-state index contributed by atoms with van der Waals surface area (Å²) in [6.45, 7) is 0. The lowest BCUT2D eigenvalue weighted by atomic mass is 9.97. The van der Waals surface area contributed by atoms with Crippen LogP contribution in [0.3, 0.4) is 0 Å². The number of imidazole rings is 2. The number of hydrogen-bond acceptors (Lipinski definition) is 4. The molecule has 0 aliphatic rings. The average Bonchev–Trinajstić information content (AvgIpc) is 3.65. The van der Waals surface area contributed by atoms with Crippen LogP contribution >= 0.6 is 0 Å². The number of benzene rings is 2. The minimum Gasteiger partial charge on any atom is -0.299 e. The molecule has 0 radical (unpaired) electrons. The summed E-state index contributed by atoms with van der Waals surface area (Å²) in [7, 11) is 0. The summed E-state index contributed by atoms with van der Waals surface area (Å²) < 4.78 is 4.27. The third kappa shape index (κ3) is 4.05. The molecule has 0 aliphatic carbocycles. The highest BCUT2D eigenvalue weighted by Gasteiger charge is 2.19. The van der Waals surface area contributed by atoms with Crippen molar-refractivity contribution in [3.63, 3.8) is 0 Å². The molecule has 8 rings (SSSR count). The molecule has 6 heterocycles.